The van der Waals surface area contributed by atoms with Crippen molar-refractivity contribution in [2.45, 2.75) is 6.42 Å². The van der Waals surface area contributed by atoms with Crippen LogP contribution in [0.3, 0.4) is 0 Å². The Morgan fingerprint density at radius 3 is 2.76 bits per heavy atom. The predicted octanol–water partition coefficient (Wildman–Crippen LogP) is 1.17. The zero-order valence-corrected chi connectivity index (χ0v) is 10.0. The smallest absolute Gasteiger partial charge is 0.251 e. The van der Waals surface area contributed by atoms with E-state index in [0.29, 0.717) is 12.1 Å². The van der Waals surface area contributed by atoms with Crippen molar-refractivity contribution >= 4 is 5.91 Å². The molecule has 0 radical (unpaired) electrons. The van der Waals surface area contributed by atoms with E-state index in [9.17, 15) is 9.18 Å². The molecule has 0 aliphatic carbocycles. The molecule has 5 heteroatoms. The van der Waals surface area contributed by atoms with E-state index in [1.165, 1.54) is 25.3 Å². The van der Waals surface area contributed by atoms with Crippen LogP contribution in [0.4, 0.5) is 4.39 Å². The largest absolute Gasteiger partial charge is 0.494 e. The van der Waals surface area contributed by atoms with Gasteiger partial charge < -0.3 is 15.4 Å². The highest BCUT2D eigenvalue weighted by Gasteiger charge is 2.09. The van der Waals surface area contributed by atoms with Crippen molar-refractivity contribution in [2.75, 3.05) is 27.2 Å². The Bertz CT molecular complexity index is 383. The van der Waals surface area contributed by atoms with Crippen LogP contribution in [0.1, 0.15) is 16.8 Å². The minimum atomic E-state index is -0.532. The summed E-state index contributed by atoms with van der Waals surface area (Å²) in [6.07, 6.45) is 0.834. The predicted molar refractivity (Wildman–Crippen MR) is 63.8 cm³/mol. The molecule has 4 nitrogen and oxygen atoms in total. The second kappa shape index (κ2) is 6.85. The van der Waals surface area contributed by atoms with Gasteiger partial charge in [0.25, 0.3) is 5.91 Å². The topological polar surface area (TPSA) is 50.4 Å². The van der Waals surface area contributed by atoms with Crippen molar-refractivity contribution in [3.8, 4) is 5.75 Å². The molecule has 0 bridgehead atoms. The fourth-order valence-electron chi connectivity index (χ4n) is 1.38. The number of benzene rings is 1. The van der Waals surface area contributed by atoms with Crippen molar-refractivity contribution in [3.63, 3.8) is 0 Å². The number of carbonyl (C=O) groups is 1. The molecule has 0 unspecified atom stereocenters. The van der Waals surface area contributed by atoms with Gasteiger partial charge in [0.15, 0.2) is 11.6 Å². The lowest BCUT2D eigenvalue weighted by Gasteiger charge is -2.06. The van der Waals surface area contributed by atoms with E-state index in [4.69, 9.17) is 4.74 Å². The first kappa shape index (κ1) is 13.4. The zero-order valence-electron chi connectivity index (χ0n) is 10.0. The van der Waals surface area contributed by atoms with E-state index >= 15 is 0 Å². The van der Waals surface area contributed by atoms with E-state index in [2.05, 4.69) is 10.6 Å². The number of nitrogens with one attached hydrogen (secondary N) is 2. The maximum absolute atomic E-state index is 13.3. The lowest BCUT2D eigenvalue weighted by molar-refractivity contribution is 0.0952. The van der Waals surface area contributed by atoms with Crippen molar-refractivity contribution in [3.05, 3.63) is 29.6 Å². The molecule has 1 amide bonds. The van der Waals surface area contributed by atoms with Gasteiger partial charge in [0, 0.05) is 12.1 Å². The lowest BCUT2D eigenvalue weighted by Crippen LogP contribution is -2.26. The molecular weight excluding hydrogens is 223 g/mol. The van der Waals surface area contributed by atoms with Gasteiger partial charge in [-0.2, -0.15) is 0 Å². The average Bonchev–Trinajstić information content (AvgIpc) is 2.34. The van der Waals surface area contributed by atoms with Crippen LogP contribution in [0.15, 0.2) is 18.2 Å². The number of ether oxygens (including phenoxy) is 1. The summed E-state index contributed by atoms with van der Waals surface area (Å²) in [6.45, 7) is 1.39. The Kier molecular flexibility index (Phi) is 5.42. The van der Waals surface area contributed by atoms with Crippen LogP contribution in [-0.4, -0.2) is 33.2 Å². The number of carbonyl (C=O) groups excluding carboxylic acids is 1. The van der Waals surface area contributed by atoms with Crippen LogP contribution in [0.2, 0.25) is 0 Å². The van der Waals surface area contributed by atoms with Gasteiger partial charge in [0.1, 0.15) is 0 Å². The number of halogens is 1. The first-order valence-electron chi connectivity index (χ1n) is 5.45. The molecule has 1 rings (SSSR count). The molecule has 0 atom stereocenters. The van der Waals surface area contributed by atoms with E-state index in [1.54, 1.807) is 0 Å². The summed E-state index contributed by atoms with van der Waals surface area (Å²) >= 11 is 0. The van der Waals surface area contributed by atoms with E-state index in [-0.39, 0.29) is 11.7 Å². The molecule has 94 valence electrons. The normalized spacial score (nSPS) is 10.1. The lowest BCUT2D eigenvalue weighted by atomic mass is 10.2. The van der Waals surface area contributed by atoms with Crippen molar-refractivity contribution < 1.29 is 13.9 Å². The van der Waals surface area contributed by atoms with Crippen LogP contribution >= 0.6 is 0 Å². The molecule has 1 aromatic rings. The van der Waals surface area contributed by atoms with Crippen LogP contribution in [0.25, 0.3) is 0 Å². The summed E-state index contributed by atoms with van der Waals surface area (Å²) in [7, 11) is 3.23. The molecule has 2 N–H and O–H groups in total. The fraction of sp³-hybridized carbons (Fsp3) is 0.417. The maximum atomic E-state index is 13.3. The zero-order chi connectivity index (χ0) is 12.7. The summed E-state index contributed by atoms with van der Waals surface area (Å²) in [6, 6.07) is 4.15. The van der Waals surface area contributed by atoms with Crippen LogP contribution in [0, 0.1) is 5.82 Å². The Morgan fingerprint density at radius 2 is 2.18 bits per heavy atom. The van der Waals surface area contributed by atoms with Gasteiger partial charge >= 0.3 is 0 Å². The van der Waals surface area contributed by atoms with Crippen LogP contribution < -0.4 is 15.4 Å². The van der Waals surface area contributed by atoms with Gasteiger partial charge in [0.05, 0.1) is 7.11 Å². The molecule has 0 aliphatic rings. The van der Waals surface area contributed by atoms with Gasteiger partial charge in [-0.1, -0.05) is 0 Å². The third kappa shape index (κ3) is 4.03. The third-order valence-electron chi connectivity index (χ3n) is 2.30. The van der Waals surface area contributed by atoms with Gasteiger partial charge in [-0.05, 0) is 38.2 Å². The van der Waals surface area contributed by atoms with Crippen molar-refractivity contribution in [2.24, 2.45) is 0 Å². The number of hydrogen-bond acceptors (Lipinski definition) is 3. The maximum Gasteiger partial charge on any atom is 0.251 e. The number of methoxy groups -OCH3 is 1. The summed E-state index contributed by atoms with van der Waals surface area (Å²) in [5, 5.41) is 5.69. The standard InChI is InChI=1S/C12H17FN2O2/c1-14-6-3-7-15-12(16)9-4-5-11(17-2)10(13)8-9/h4-5,8,14H,3,6-7H2,1-2H3,(H,15,16). The average molecular weight is 240 g/mol. The first-order chi connectivity index (χ1) is 8.19. The molecule has 0 heterocycles. The highest BCUT2D eigenvalue weighted by atomic mass is 19.1. The Morgan fingerprint density at radius 1 is 1.41 bits per heavy atom. The molecule has 0 saturated heterocycles. The highest BCUT2D eigenvalue weighted by Crippen LogP contribution is 2.17. The van der Waals surface area contributed by atoms with Gasteiger partial charge in [0.2, 0.25) is 0 Å². The minimum absolute atomic E-state index is 0.136. The number of rotatable bonds is 6. The Labute approximate surface area is 100 Å². The molecule has 1 aromatic carbocycles. The van der Waals surface area contributed by atoms with Crippen molar-refractivity contribution in [1.29, 1.82) is 0 Å². The molecule has 0 saturated carbocycles. The van der Waals surface area contributed by atoms with E-state index in [1.807, 2.05) is 7.05 Å². The molecular formula is C12H17FN2O2. The van der Waals surface area contributed by atoms with Gasteiger partial charge in [-0.15, -0.1) is 0 Å². The molecule has 0 spiro atoms. The van der Waals surface area contributed by atoms with Crippen molar-refractivity contribution in [1.82, 2.24) is 10.6 Å². The van der Waals surface area contributed by atoms with E-state index in [0.717, 1.165) is 13.0 Å². The second-order valence-corrected chi connectivity index (χ2v) is 3.56. The molecule has 17 heavy (non-hydrogen) atoms. The molecule has 0 aliphatic heterocycles. The fourth-order valence-corrected chi connectivity index (χ4v) is 1.38. The summed E-state index contributed by atoms with van der Waals surface area (Å²) in [5.74, 6) is -0.672. The second-order valence-electron chi connectivity index (χ2n) is 3.56. The summed E-state index contributed by atoms with van der Waals surface area (Å²) < 4.78 is 18.1. The number of hydrogen-bond donors (Lipinski definition) is 2. The molecule has 0 aromatic heterocycles. The SMILES string of the molecule is CNCCCNC(=O)c1ccc(OC)c(F)c1. The Hall–Kier alpha value is -1.62. The van der Waals surface area contributed by atoms with Crippen LogP contribution in [0.5, 0.6) is 5.75 Å². The van der Waals surface area contributed by atoms with Gasteiger partial charge in [-0.3, -0.25) is 4.79 Å². The highest BCUT2D eigenvalue weighted by molar-refractivity contribution is 5.94. The minimum Gasteiger partial charge on any atom is -0.494 e. The Balaban J connectivity index is 2.54. The third-order valence-corrected chi connectivity index (χ3v) is 2.30. The van der Waals surface area contributed by atoms with E-state index < -0.39 is 5.82 Å². The summed E-state index contributed by atoms with van der Waals surface area (Å²) in [4.78, 5) is 11.6. The number of amides is 1. The monoisotopic (exact) mass is 240 g/mol. The van der Waals surface area contributed by atoms with Crippen LogP contribution in [-0.2, 0) is 0 Å². The summed E-state index contributed by atoms with van der Waals surface area (Å²) in [5.41, 5.74) is 0.299. The van der Waals surface area contributed by atoms with Gasteiger partial charge in [-0.25, -0.2) is 4.39 Å². The quantitative estimate of drug-likeness (QED) is 0.734. The first-order valence-corrected chi connectivity index (χ1v) is 5.45. The molecule has 0 fully saturated rings.